The van der Waals surface area contributed by atoms with Gasteiger partial charge in [0, 0.05) is 35.9 Å². The summed E-state index contributed by atoms with van der Waals surface area (Å²) in [5, 5.41) is 5.77. The fourth-order valence-corrected chi connectivity index (χ4v) is 3.80. The Morgan fingerprint density at radius 3 is 2.68 bits per heavy atom. The van der Waals surface area contributed by atoms with E-state index in [1.165, 1.54) is 12.1 Å². The smallest absolute Gasteiger partial charge is 0.243 e. The van der Waals surface area contributed by atoms with E-state index in [4.69, 9.17) is 0 Å². The summed E-state index contributed by atoms with van der Waals surface area (Å²) in [6, 6.07) is 6.00. The van der Waals surface area contributed by atoms with Crippen molar-refractivity contribution in [3.8, 4) is 0 Å². The van der Waals surface area contributed by atoms with Gasteiger partial charge in [0.25, 0.3) is 0 Å². The van der Waals surface area contributed by atoms with Crippen molar-refractivity contribution >= 4 is 24.3 Å². The maximum atomic E-state index is 14.5. The number of likely N-dealkylation sites (N-methyl/N-ethyl adjacent to an activating group) is 1. The van der Waals surface area contributed by atoms with Crippen LogP contribution in [0.3, 0.4) is 0 Å². The summed E-state index contributed by atoms with van der Waals surface area (Å²) < 4.78 is 14.5. The highest BCUT2D eigenvalue weighted by Crippen LogP contribution is 2.40. The third kappa shape index (κ3) is 3.96. The van der Waals surface area contributed by atoms with Crippen LogP contribution in [0.15, 0.2) is 35.9 Å². The van der Waals surface area contributed by atoms with Gasteiger partial charge in [0.05, 0.1) is 5.92 Å². The van der Waals surface area contributed by atoms with Crippen molar-refractivity contribution in [2.24, 2.45) is 5.92 Å². The number of carbonyl (C=O) groups is 2. The monoisotopic (exact) mass is 362 g/mol. The lowest BCUT2D eigenvalue weighted by Gasteiger charge is -2.36. The average molecular weight is 362 g/mol. The Bertz CT molecular complexity index is 702. The van der Waals surface area contributed by atoms with Gasteiger partial charge in [-0.1, -0.05) is 18.2 Å². The second-order valence-corrected chi connectivity index (χ2v) is 7.29. The van der Waals surface area contributed by atoms with E-state index in [-0.39, 0.29) is 28.7 Å². The van der Waals surface area contributed by atoms with Crippen molar-refractivity contribution in [1.29, 1.82) is 0 Å². The van der Waals surface area contributed by atoms with Crippen LogP contribution < -0.4 is 10.6 Å². The summed E-state index contributed by atoms with van der Waals surface area (Å²) in [6.45, 7) is 0.673. The molecule has 3 rings (SSSR count). The number of amides is 1. The number of hydrogen-bond acceptors (Lipinski definition) is 4. The second-order valence-electron chi connectivity index (χ2n) is 6.67. The zero-order valence-corrected chi connectivity index (χ0v) is 15.1. The number of carbonyl (C=O) groups excluding carboxylic acids is 2. The molecule has 2 aliphatic rings. The van der Waals surface area contributed by atoms with Gasteiger partial charge in [-0.05, 0) is 37.4 Å². The van der Waals surface area contributed by atoms with Crippen molar-refractivity contribution in [3.63, 3.8) is 0 Å². The molecule has 1 heterocycles. The first-order chi connectivity index (χ1) is 12.0. The minimum Gasteiger partial charge on any atom is -0.356 e. The first-order valence-corrected chi connectivity index (χ1v) is 9.17. The zero-order valence-electron chi connectivity index (χ0n) is 14.2. The highest BCUT2D eigenvalue weighted by Gasteiger charge is 2.43. The van der Waals surface area contributed by atoms with Crippen molar-refractivity contribution in [1.82, 2.24) is 10.6 Å². The molecule has 1 amide bonds. The van der Waals surface area contributed by atoms with Gasteiger partial charge in [-0.25, -0.2) is 4.39 Å². The largest absolute Gasteiger partial charge is 0.356 e. The van der Waals surface area contributed by atoms with E-state index in [0.29, 0.717) is 12.1 Å². The Morgan fingerprint density at radius 1 is 1.32 bits per heavy atom. The first-order valence-electron chi connectivity index (χ1n) is 8.65. The Balaban J connectivity index is 2.04. The molecule has 0 radical (unpaired) electrons. The standard InChI is InChI=1S/C19H23FN2O2S/c1-21-16(23)10-13-15(25)8-9-22-18(13)17(19(24)11-6-7-11)12-4-2-3-5-14(12)20/h2-5,10-11,15,17-18,22,25H,6-9H2,1H3,(H,21,23). The lowest BCUT2D eigenvalue weighted by atomic mass is 9.78. The molecule has 1 aliphatic heterocycles. The summed E-state index contributed by atoms with van der Waals surface area (Å²) in [6.07, 6.45) is 3.97. The second kappa shape index (κ2) is 7.70. The van der Waals surface area contributed by atoms with Crippen molar-refractivity contribution in [2.45, 2.75) is 36.5 Å². The number of benzene rings is 1. The summed E-state index contributed by atoms with van der Waals surface area (Å²) >= 11 is 4.60. The normalized spacial score (nSPS) is 26.3. The maximum Gasteiger partial charge on any atom is 0.243 e. The van der Waals surface area contributed by atoms with E-state index in [1.54, 1.807) is 25.2 Å². The van der Waals surface area contributed by atoms with Gasteiger partial charge >= 0.3 is 0 Å². The fourth-order valence-electron chi connectivity index (χ4n) is 3.43. The lowest BCUT2D eigenvalue weighted by molar-refractivity contribution is -0.122. The van der Waals surface area contributed by atoms with Crippen molar-refractivity contribution < 1.29 is 14.0 Å². The van der Waals surface area contributed by atoms with Crippen LogP contribution in [0.5, 0.6) is 0 Å². The molecular weight excluding hydrogens is 339 g/mol. The number of piperidine rings is 1. The van der Waals surface area contributed by atoms with Crippen LogP contribution in [-0.2, 0) is 9.59 Å². The zero-order chi connectivity index (χ0) is 18.0. The van der Waals surface area contributed by atoms with Crippen LogP contribution in [0.2, 0.25) is 0 Å². The number of ketones is 1. The Hall–Kier alpha value is -1.66. The quantitative estimate of drug-likeness (QED) is 0.556. The average Bonchev–Trinajstić information content (AvgIpc) is 3.44. The third-order valence-electron chi connectivity index (χ3n) is 4.93. The predicted molar refractivity (Wildman–Crippen MR) is 98.2 cm³/mol. The van der Waals surface area contributed by atoms with Gasteiger partial charge in [-0.15, -0.1) is 0 Å². The van der Waals surface area contributed by atoms with Crippen LogP contribution in [-0.4, -0.2) is 36.6 Å². The number of rotatable bonds is 5. The van der Waals surface area contributed by atoms with E-state index >= 15 is 0 Å². The van der Waals surface area contributed by atoms with Gasteiger partial charge in [0.15, 0.2) is 0 Å². The molecule has 2 fully saturated rings. The molecule has 0 aromatic heterocycles. The third-order valence-corrected chi connectivity index (χ3v) is 5.49. The van der Waals surface area contributed by atoms with E-state index in [1.807, 2.05) is 0 Å². The van der Waals surface area contributed by atoms with E-state index in [9.17, 15) is 14.0 Å². The minimum absolute atomic E-state index is 0.00653. The summed E-state index contributed by atoms with van der Waals surface area (Å²) in [5.74, 6) is -1.22. The summed E-state index contributed by atoms with van der Waals surface area (Å²) in [5.41, 5.74) is 1.14. The van der Waals surface area contributed by atoms with E-state index in [0.717, 1.165) is 24.8 Å². The molecule has 1 aromatic rings. The predicted octanol–water partition coefficient (Wildman–Crippen LogP) is 2.22. The van der Waals surface area contributed by atoms with Gasteiger partial charge in [0.1, 0.15) is 11.6 Å². The molecule has 1 saturated carbocycles. The van der Waals surface area contributed by atoms with Crippen molar-refractivity contribution in [3.05, 3.63) is 47.3 Å². The summed E-state index contributed by atoms with van der Waals surface area (Å²) in [7, 11) is 1.56. The first kappa shape index (κ1) is 18.1. The molecule has 2 N–H and O–H groups in total. The summed E-state index contributed by atoms with van der Waals surface area (Å²) in [4.78, 5) is 24.9. The van der Waals surface area contributed by atoms with Crippen LogP contribution >= 0.6 is 12.6 Å². The van der Waals surface area contributed by atoms with Gasteiger partial charge < -0.3 is 10.6 Å². The molecule has 4 nitrogen and oxygen atoms in total. The molecule has 0 spiro atoms. The number of Topliss-reactive ketones (excluding diaryl/α,β-unsaturated/α-hetero) is 1. The fraction of sp³-hybridized carbons (Fsp3) is 0.474. The van der Waals surface area contributed by atoms with Crippen LogP contribution in [0.4, 0.5) is 4.39 Å². The number of nitrogens with one attached hydrogen (secondary N) is 2. The molecule has 3 atom stereocenters. The highest BCUT2D eigenvalue weighted by atomic mass is 32.1. The van der Waals surface area contributed by atoms with Crippen LogP contribution in [0.1, 0.15) is 30.7 Å². The Morgan fingerprint density at radius 2 is 2.04 bits per heavy atom. The van der Waals surface area contributed by atoms with Crippen molar-refractivity contribution in [2.75, 3.05) is 13.6 Å². The molecule has 134 valence electrons. The minimum atomic E-state index is -0.639. The van der Waals surface area contributed by atoms with E-state index < -0.39 is 12.0 Å². The van der Waals surface area contributed by atoms with Gasteiger partial charge in [-0.3, -0.25) is 9.59 Å². The Labute approximate surface area is 152 Å². The van der Waals surface area contributed by atoms with Crippen LogP contribution in [0, 0.1) is 11.7 Å². The van der Waals surface area contributed by atoms with Gasteiger partial charge in [-0.2, -0.15) is 12.6 Å². The molecule has 1 aliphatic carbocycles. The highest BCUT2D eigenvalue weighted by molar-refractivity contribution is 7.81. The molecule has 1 aromatic carbocycles. The maximum absolute atomic E-state index is 14.5. The van der Waals surface area contributed by atoms with E-state index in [2.05, 4.69) is 23.3 Å². The molecule has 6 heteroatoms. The molecular formula is C19H23FN2O2S. The molecule has 1 saturated heterocycles. The number of hydrogen-bond donors (Lipinski definition) is 3. The Kier molecular flexibility index (Phi) is 5.59. The molecule has 3 unspecified atom stereocenters. The van der Waals surface area contributed by atoms with Gasteiger partial charge in [0.2, 0.25) is 5.91 Å². The van der Waals surface area contributed by atoms with Crippen LogP contribution in [0.25, 0.3) is 0 Å². The molecule has 0 bridgehead atoms. The topological polar surface area (TPSA) is 58.2 Å². The lowest BCUT2D eigenvalue weighted by Crippen LogP contribution is -2.48. The SMILES string of the molecule is CNC(=O)C=C1C(S)CCNC1C(C(=O)C1CC1)c1ccccc1F. The number of thiol groups is 1. The number of halogens is 1. The molecule has 25 heavy (non-hydrogen) atoms.